The van der Waals surface area contributed by atoms with Gasteiger partial charge >= 0.3 is 0 Å². The number of halogens is 1. The third kappa shape index (κ3) is 3.22. The van der Waals surface area contributed by atoms with Crippen LogP contribution >= 0.6 is 11.6 Å². The largest absolute Gasteiger partial charge is 0.368 e. The summed E-state index contributed by atoms with van der Waals surface area (Å²) in [5.41, 5.74) is 2.34. The molecule has 1 fully saturated rings. The first kappa shape index (κ1) is 16.4. The van der Waals surface area contributed by atoms with E-state index in [1.165, 1.54) is 10.5 Å². The molecule has 0 bridgehead atoms. The van der Waals surface area contributed by atoms with Gasteiger partial charge in [0.2, 0.25) is 5.69 Å². The normalized spacial score (nSPS) is 14.3. The number of hydrogen-bond donors (Lipinski definition) is 0. The van der Waals surface area contributed by atoms with Gasteiger partial charge in [-0.3, -0.25) is 0 Å². The highest BCUT2D eigenvalue weighted by atomic mass is 35.5. The summed E-state index contributed by atoms with van der Waals surface area (Å²) in [4.78, 5) is 5.96. The van der Waals surface area contributed by atoms with Gasteiger partial charge in [-0.05, 0) is 36.4 Å². The van der Waals surface area contributed by atoms with Crippen molar-refractivity contribution in [2.75, 3.05) is 36.0 Å². The summed E-state index contributed by atoms with van der Waals surface area (Å²) < 4.78 is 0. The van der Waals surface area contributed by atoms with Crippen LogP contribution in [0.15, 0.2) is 54.6 Å². The Balaban J connectivity index is 1.53. The van der Waals surface area contributed by atoms with Crippen molar-refractivity contribution in [1.82, 2.24) is 15.0 Å². The van der Waals surface area contributed by atoms with E-state index in [1.807, 2.05) is 30.3 Å². The van der Waals surface area contributed by atoms with Gasteiger partial charge in [0.15, 0.2) is 5.82 Å². The van der Waals surface area contributed by atoms with Crippen LogP contribution in [0.2, 0.25) is 5.02 Å². The highest BCUT2D eigenvalue weighted by molar-refractivity contribution is 6.30. The molecule has 0 amide bonds. The first-order valence-electron chi connectivity index (χ1n) is 8.43. The lowest BCUT2D eigenvalue weighted by Gasteiger charge is -2.36. The third-order valence-corrected chi connectivity index (χ3v) is 4.71. The van der Waals surface area contributed by atoms with Crippen molar-refractivity contribution >= 4 is 23.1 Å². The fourth-order valence-corrected chi connectivity index (χ4v) is 3.22. The fraction of sp³-hybridized carbons (Fsp3) is 0.211. The Morgan fingerprint density at radius 2 is 1.46 bits per heavy atom. The van der Waals surface area contributed by atoms with E-state index in [2.05, 4.69) is 38.2 Å². The first-order chi connectivity index (χ1) is 12.7. The molecule has 4 rings (SSSR count). The second-order valence-corrected chi connectivity index (χ2v) is 6.50. The monoisotopic (exact) mass is 364 g/mol. The van der Waals surface area contributed by atoms with Gasteiger partial charge < -0.3 is 9.80 Å². The van der Waals surface area contributed by atoms with Crippen molar-refractivity contribution in [2.45, 2.75) is 0 Å². The van der Waals surface area contributed by atoms with Crippen molar-refractivity contribution in [1.29, 1.82) is 5.26 Å². The fourth-order valence-electron chi connectivity index (χ4n) is 3.09. The minimum atomic E-state index is 0.341. The molecule has 1 aliphatic rings. The molecule has 0 saturated carbocycles. The van der Waals surface area contributed by atoms with E-state index < -0.39 is 0 Å². The minimum absolute atomic E-state index is 0.341. The van der Waals surface area contributed by atoms with Crippen molar-refractivity contribution in [2.24, 2.45) is 0 Å². The van der Waals surface area contributed by atoms with Crippen LogP contribution < -0.4 is 9.80 Å². The Labute approximate surface area is 156 Å². The van der Waals surface area contributed by atoms with Gasteiger partial charge in [0, 0.05) is 36.9 Å². The summed E-state index contributed by atoms with van der Waals surface area (Å²) in [5, 5.41) is 19.0. The highest BCUT2D eigenvalue weighted by Crippen LogP contribution is 2.22. The number of piperazine rings is 1. The number of anilines is 2. The Kier molecular flexibility index (Phi) is 4.46. The molecule has 2 aromatic carbocycles. The number of rotatable bonds is 3. The Bertz CT molecular complexity index is 921. The van der Waals surface area contributed by atoms with E-state index in [-0.39, 0.29) is 0 Å². The van der Waals surface area contributed by atoms with Crippen LogP contribution in [0.5, 0.6) is 0 Å². The van der Waals surface area contributed by atoms with Crippen molar-refractivity contribution in [3.8, 4) is 11.8 Å². The van der Waals surface area contributed by atoms with Gasteiger partial charge in [-0.15, -0.1) is 15.0 Å². The molecule has 6 nitrogen and oxygen atoms in total. The molecular weight excluding hydrogens is 348 g/mol. The number of aromatic nitrogens is 3. The molecule has 3 aromatic rings. The molecule has 1 aromatic heterocycles. The van der Waals surface area contributed by atoms with Crippen molar-refractivity contribution in [3.05, 3.63) is 65.3 Å². The summed E-state index contributed by atoms with van der Waals surface area (Å²) in [7, 11) is 0. The maximum atomic E-state index is 9.46. The minimum Gasteiger partial charge on any atom is -0.368 e. The first-order valence-corrected chi connectivity index (χ1v) is 8.81. The summed E-state index contributed by atoms with van der Waals surface area (Å²) in [6.07, 6.45) is 0. The average molecular weight is 365 g/mol. The predicted octanol–water partition coefficient (Wildman–Crippen LogP) is 3.12. The lowest BCUT2D eigenvalue weighted by molar-refractivity contribution is 0.641. The van der Waals surface area contributed by atoms with Crippen LogP contribution in [0.25, 0.3) is 5.69 Å². The molecule has 26 heavy (non-hydrogen) atoms. The topological polar surface area (TPSA) is 61.0 Å². The zero-order chi connectivity index (χ0) is 17.9. The molecule has 0 unspecified atom stereocenters. The van der Waals surface area contributed by atoms with Crippen molar-refractivity contribution in [3.63, 3.8) is 0 Å². The highest BCUT2D eigenvalue weighted by Gasteiger charge is 2.23. The standard InChI is InChI=1S/C19H17ClN6/c20-15-6-8-17(9-7-15)26-22-18(14-21)19(23-26)25-12-10-24(11-13-25)16-4-2-1-3-5-16/h1-9H,10-13H2. The lowest BCUT2D eigenvalue weighted by Crippen LogP contribution is -2.47. The molecule has 0 atom stereocenters. The summed E-state index contributed by atoms with van der Waals surface area (Å²) in [5.74, 6) is 0.634. The maximum absolute atomic E-state index is 9.46. The Morgan fingerprint density at radius 1 is 0.808 bits per heavy atom. The number of nitrogens with zero attached hydrogens (tertiary/aromatic N) is 6. The average Bonchev–Trinajstić information content (AvgIpc) is 3.14. The molecule has 0 N–H and O–H groups in total. The van der Waals surface area contributed by atoms with Crippen molar-refractivity contribution < 1.29 is 0 Å². The zero-order valence-electron chi connectivity index (χ0n) is 14.1. The molecule has 1 saturated heterocycles. The van der Waals surface area contributed by atoms with Gasteiger partial charge in [0.1, 0.15) is 6.07 Å². The summed E-state index contributed by atoms with van der Waals surface area (Å²) >= 11 is 5.93. The molecule has 1 aliphatic heterocycles. The maximum Gasteiger partial charge on any atom is 0.207 e. The molecule has 0 radical (unpaired) electrons. The molecule has 0 aliphatic carbocycles. The van der Waals surface area contributed by atoms with E-state index in [0.29, 0.717) is 16.5 Å². The number of nitriles is 1. The van der Waals surface area contributed by atoms with E-state index in [0.717, 1.165) is 31.9 Å². The van der Waals surface area contributed by atoms with Gasteiger partial charge in [-0.25, -0.2) is 0 Å². The van der Waals surface area contributed by atoms with Crippen LogP contribution in [-0.2, 0) is 0 Å². The second-order valence-electron chi connectivity index (χ2n) is 6.06. The van der Waals surface area contributed by atoms with Crippen LogP contribution in [-0.4, -0.2) is 41.2 Å². The van der Waals surface area contributed by atoms with Crippen LogP contribution in [0.3, 0.4) is 0 Å². The van der Waals surface area contributed by atoms with Crippen LogP contribution in [0, 0.1) is 11.3 Å². The number of hydrogen-bond acceptors (Lipinski definition) is 5. The lowest BCUT2D eigenvalue weighted by atomic mass is 10.2. The molecule has 0 spiro atoms. The van der Waals surface area contributed by atoms with Gasteiger partial charge in [0.05, 0.1) is 5.69 Å². The number of benzene rings is 2. The Hall–Kier alpha value is -3.04. The summed E-state index contributed by atoms with van der Waals surface area (Å²) in [6.45, 7) is 3.34. The predicted molar refractivity (Wildman–Crippen MR) is 102 cm³/mol. The van der Waals surface area contributed by atoms with E-state index in [9.17, 15) is 5.26 Å². The molecular formula is C19H17ClN6. The molecule has 2 heterocycles. The SMILES string of the molecule is N#Cc1nn(-c2ccc(Cl)cc2)nc1N1CCN(c2ccccc2)CC1. The van der Waals surface area contributed by atoms with Gasteiger partial charge in [0.25, 0.3) is 0 Å². The smallest absolute Gasteiger partial charge is 0.207 e. The van der Waals surface area contributed by atoms with E-state index >= 15 is 0 Å². The van der Waals surface area contributed by atoms with Gasteiger partial charge in [-0.2, -0.15) is 5.26 Å². The summed E-state index contributed by atoms with van der Waals surface area (Å²) in [6, 6.07) is 19.8. The Morgan fingerprint density at radius 3 is 2.12 bits per heavy atom. The second kappa shape index (κ2) is 7.06. The van der Waals surface area contributed by atoms with Crippen LogP contribution in [0.1, 0.15) is 5.69 Å². The molecule has 7 heteroatoms. The third-order valence-electron chi connectivity index (χ3n) is 4.46. The van der Waals surface area contributed by atoms with Crippen LogP contribution in [0.4, 0.5) is 11.5 Å². The zero-order valence-corrected chi connectivity index (χ0v) is 14.8. The quantitative estimate of drug-likeness (QED) is 0.714. The van der Waals surface area contributed by atoms with Gasteiger partial charge in [-0.1, -0.05) is 29.8 Å². The number of para-hydroxylation sites is 1. The molecule has 130 valence electrons. The van der Waals surface area contributed by atoms with E-state index in [4.69, 9.17) is 11.6 Å². The van der Waals surface area contributed by atoms with E-state index in [1.54, 1.807) is 12.1 Å².